The fourth-order valence-electron chi connectivity index (χ4n) is 4.11. The van der Waals surface area contributed by atoms with Gasteiger partial charge < -0.3 is 0 Å². The molecule has 0 bridgehead atoms. The first-order valence-corrected chi connectivity index (χ1v) is 13.9. The van der Waals surface area contributed by atoms with Crippen LogP contribution in [-0.2, 0) is 0 Å². The van der Waals surface area contributed by atoms with Gasteiger partial charge in [0.1, 0.15) is 0 Å². The Morgan fingerprint density at radius 1 is 0.276 bits per heavy atom. The molecule has 29 heavy (non-hydrogen) atoms. The van der Waals surface area contributed by atoms with Crippen molar-refractivity contribution in [1.82, 2.24) is 10.9 Å². The minimum atomic E-state index is 1.13. The molecule has 0 saturated carbocycles. The van der Waals surface area contributed by atoms with Crippen LogP contribution < -0.4 is 10.9 Å². The number of unbranched alkanes of at least 4 members (excludes halogenated alkanes) is 21. The summed E-state index contributed by atoms with van der Waals surface area (Å²) in [6.07, 6.45) is 32.8. The largest absolute Gasteiger partial charge is 0.258 e. The fourth-order valence-corrected chi connectivity index (χ4v) is 4.11. The first-order valence-electron chi connectivity index (χ1n) is 13.9. The smallest absolute Gasteiger partial charge is 0.00997 e. The molecule has 2 heteroatoms. The lowest BCUT2D eigenvalue weighted by Crippen LogP contribution is -2.33. The molecular weight excluding hydrogens is 352 g/mol. The zero-order valence-electron chi connectivity index (χ0n) is 20.7. The molecule has 176 valence electrons. The molecule has 0 unspecified atom stereocenters. The van der Waals surface area contributed by atoms with Crippen molar-refractivity contribution >= 4 is 0 Å². The topological polar surface area (TPSA) is 24.1 Å². The van der Waals surface area contributed by atoms with E-state index in [0.29, 0.717) is 0 Å². The highest BCUT2D eigenvalue weighted by atomic mass is 15.3. The predicted octanol–water partition coefficient (Wildman–Crippen LogP) is 9.09. The van der Waals surface area contributed by atoms with Crippen molar-refractivity contribution in [3.8, 4) is 0 Å². The minimum absolute atomic E-state index is 1.13. The Morgan fingerprint density at radius 2 is 0.483 bits per heavy atom. The molecule has 0 heterocycles. The molecule has 0 aromatic rings. The monoisotopic (exact) mass is 410 g/mol. The van der Waals surface area contributed by atoms with Gasteiger partial charge in [0.15, 0.2) is 0 Å². The maximum Gasteiger partial charge on any atom is 0.00997 e. The Morgan fingerprint density at radius 3 is 0.724 bits per heavy atom. The number of nitrogens with one attached hydrogen (secondary N) is 2. The average Bonchev–Trinajstić information content (AvgIpc) is 2.74. The van der Waals surface area contributed by atoms with Crippen molar-refractivity contribution in [2.75, 3.05) is 13.1 Å². The van der Waals surface area contributed by atoms with Gasteiger partial charge in [0.05, 0.1) is 0 Å². The third-order valence-electron chi connectivity index (χ3n) is 6.19. The van der Waals surface area contributed by atoms with E-state index in [9.17, 15) is 0 Å². The average molecular weight is 411 g/mol. The van der Waals surface area contributed by atoms with Crippen molar-refractivity contribution in [3.05, 3.63) is 0 Å². The van der Waals surface area contributed by atoms with Crippen LogP contribution in [-0.4, -0.2) is 13.1 Å². The van der Waals surface area contributed by atoms with Crippen molar-refractivity contribution in [2.45, 2.75) is 162 Å². The third-order valence-corrected chi connectivity index (χ3v) is 6.19. The number of hydrogen-bond donors (Lipinski definition) is 2. The molecule has 0 saturated heterocycles. The Labute approximate surface area is 185 Å². The zero-order valence-corrected chi connectivity index (χ0v) is 20.7. The van der Waals surface area contributed by atoms with E-state index in [-0.39, 0.29) is 0 Å². The quantitative estimate of drug-likeness (QED) is 0.110. The zero-order chi connectivity index (χ0) is 21.1. The third kappa shape index (κ3) is 27.9. The Balaban J connectivity index is 2.97. The van der Waals surface area contributed by atoms with E-state index in [2.05, 4.69) is 24.7 Å². The molecule has 0 atom stereocenters. The van der Waals surface area contributed by atoms with Gasteiger partial charge in [0.2, 0.25) is 0 Å². The second kappa shape index (κ2) is 27.9. The molecule has 0 rings (SSSR count). The van der Waals surface area contributed by atoms with Crippen LogP contribution in [0.5, 0.6) is 0 Å². The summed E-state index contributed by atoms with van der Waals surface area (Å²) in [4.78, 5) is 0. The molecule has 0 aliphatic carbocycles. The van der Waals surface area contributed by atoms with E-state index >= 15 is 0 Å². The van der Waals surface area contributed by atoms with Crippen LogP contribution in [0.4, 0.5) is 0 Å². The van der Waals surface area contributed by atoms with Crippen molar-refractivity contribution in [3.63, 3.8) is 0 Å². The minimum Gasteiger partial charge on any atom is -0.258 e. The summed E-state index contributed by atoms with van der Waals surface area (Å²) in [5.74, 6) is 0. The standard InChI is InChI=1S/C27H58N2/c1-3-5-7-9-11-13-15-17-19-21-23-25-27-29-28-26-24-22-20-18-16-14-12-10-8-6-4-2/h28-29H,3-27H2,1-2H3. The number of rotatable bonds is 26. The number of hydrogen-bond acceptors (Lipinski definition) is 2. The molecule has 0 radical (unpaired) electrons. The first-order chi connectivity index (χ1) is 14.4. The second-order valence-electron chi connectivity index (χ2n) is 9.28. The molecule has 0 aliphatic rings. The fraction of sp³-hybridized carbons (Fsp3) is 1.00. The Bertz CT molecular complexity index is 241. The maximum atomic E-state index is 3.41. The van der Waals surface area contributed by atoms with Gasteiger partial charge in [-0.15, -0.1) is 0 Å². The number of hydrazine groups is 1. The van der Waals surface area contributed by atoms with E-state index in [1.807, 2.05) is 0 Å². The van der Waals surface area contributed by atoms with Gasteiger partial charge in [-0.05, 0) is 12.8 Å². The van der Waals surface area contributed by atoms with E-state index in [0.717, 1.165) is 13.1 Å². The highest BCUT2D eigenvalue weighted by Crippen LogP contribution is 2.12. The summed E-state index contributed by atoms with van der Waals surface area (Å²) in [5, 5.41) is 0. The van der Waals surface area contributed by atoms with E-state index in [4.69, 9.17) is 0 Å². The van der Waals surface area contributed by atoms with Gasteiger partial charge in [-0.3, -0.25) is 10.9 Å². The van der Waals surface area contributed by atoms with Crippen LogP contribution in [0.25, 0.3) is 0 Å². The lowest BCUT2D eigenvalue weighted by Gasteiger charge is -2.07. The molecule has 2 nitrogen and oxygen atoms in total. The highest BCUT2D eigenvalue weighted by molar-refractivity contribution is 4.51. The van der Waals surface area contributed by atoms with Gasteiger partial charge in [0.25, 0.3) is 0 Å². The van der Waals surface area contributed by atoms with Crippen LogP contribution in [0.3, 0.4) is 0 Å². The summed E-state index contributed by atoms with van der Waals surface area (Å²) < 4.78 is 0. The van der Waals surface area contributed by atoms with Gasteiger partial charge in [-0.25, -0.2) is 0 Å². The van der Waals surface area contributed by atoms with Crippen molar-refractivity contribution in [1.29, 1.82) is 0 Å². The molecule has 0 aliphatic heterocycles. The molecular formula is C27H58N2. The van der Waals surface area contributed by atoms with Crippen molar-refractivity contribution in [2.24, 2.45) is 0 Å². The van der Waals surface area contributed by atoms with E-state index < -0.39 is 0 Å². The van der Waals surface area contributed by atoms with Crippen LogP contribution >= 0.6 is 0 Å². The molecule has 2 N–H and O–H groups in total. The van der Waals surface area contributed by atoms with Crippen LogP contribution in [0, 0.1) is 0 Å². The molecule has 0 aromatic heterocycles. The normalized spacial score (nSPS) is 11.4. The van der Waals surface area contributed by atoms with Crippen molar-refractivity contribution < 1.29 is 0 Å². The summed E-state index contributed by atoms with van der Waals surface area (Å²) in [6.45, 7) is 6.86. The van der Waals surface area contributed by atoms with Crippen LogP contribution in [0.15, 0.2) is 0 Å². The van der Waals surface area contributed by atoms with Crippen LogP contribution in [0.1, 0.15) is 162 Å². The molecule has 0 aromatic carbocycles. The van der Waals surface area contributed by atoms with Crippen LogP contribution in [0.2, 0.25) is 0 Å². The van der Waals surface area contributed by atoms with Gasteiger partial charge in [0, 0.05) is 13.1 Å². The second-order valence-corrected chi connectivity index (χ2v) is 9.28. The lowest BCUT2D eigenvalue weighted by atomic mass is 10.1. The SMILES string of the molecule is CCCCCCCCCCCCCCNNCCCCCCCCCCCCC. The summed E-state index contributed by atoms with van der Waals surface area (Å²) in [6, 6.07) is 0. The summed E-state index contributed by atoms with van der Waals surface area (Å²) in [5.41, 5.74) is 6.81. The van der Waals surface area contributed by atoms with Gasteiger partial charge in [-0.1, -0.05) is 149 Å². The maximum absolute atomic E-state index is 3.41. The van der Waals surface area contributed by atoms with E-state index in [1.165, 1.54) is 148 Å². The first kappa shape index (κ1) is 28.9. The predicted molar refractivity (Wildman–Crippen MR) is 134 cm³/mol. The Kier molecular flexibility index (Phi) is 27.8. The molecule has 0 fully saturated rings. The molecule has 0 spiro atoms. The van der Waals surface area contributed by atoms with Gasteiger partial charge in [-0.2, -0.15) is 0 Å². The molecule has 0 amide bonds. The Hall–Kier alpha value is -0.0800. The van der Waals surface area contributed by atoms with E-state index in [1.54, 1.807) is 0 Å². The summed E-state index contributed by atoms with van der Waals surface area (Å²) in [7, 11) is 0. The van der Waals surface area contributed by atoms with Gasteiger partial charge >= 0.3 is 0 Å². The summed E-state index contributed by atoms with van der Waals surface area (Å²) >= 11 is 0. The highest BCUT2D eigenvalue weighted by Gasteiger charge is 1.95. The lowest BCUT2D eigenvalue weighted by molar-refractivity contribution is 0.477.